The van der Waals surface area contributed by atoms with Gasteiger partial charge in [0, 0.05) is 18.7 Å². The zero-order chi connectivity index (χ0) is 9.10. The molecule has 0 spiro atoms. The quantitative estimate of drug-likeness (QED) is 0.655. The minimum absolute atomic E-state index is 0.600. The van der Waals surface area contributed by atoms with Gasteiger partial charge in [-0.2, -0.15) is 0 Å². The van der Waals surface area contributed by atoms with Crippen LogP contribution in [0.5, 0.6) is 0 Å². The Morgan fingerprint density at radius 3 is 3.15 bits per heavy atom. The molecule has 0 fully saturated rings. The van der Waals surface area contributed by atoms with Crippen LogP contribution >= 0.6 is 0 Å². The van der Waals surface area contributed by atoms with E-state index in [9.17, 15) is 4.79 Å². The van der Waals surface area contributed by atoms with Crippen molar-refractivity contribution in [2.75, 3.05) is 0 Å². The summed E-state index contributed by atoms with van der Waals surface area (Å²) >= 11 is 0. The van der Waals surface area contributed by atoms with Crippen LogP contribution in [-0.2, 0) is 24.2 Å². The van der Waals surface area contributed by atoms with Crippen molar-refractivity contribution in [3.63, 3.8) is 0 Å². The molecule has 0 aliphatic heterocycles. The largest absolute Gasteiger partial charge is 0.334 e. The molecule has 0 atom stereocenters. The summed E-state index contributed by atoms with van der Waals surface area (Å²) in [5.74, 6) is 0. The van der Waals surface area contributed by atoms with Gasteiger partial charge in [-0.05, 0) is 25.7 Å². The fourth-order valence-electron chi connectivity index (χ4n) is 1.92. The monoisotopic (exact) mass is 178 g/mol. The number of carbonyl (C=O) groups excluding carboxylic acids is 1. The first kappa shape index (κ1) is 8.48. The smallest absolute Gasteiger partial charge is 0.121 e. The SMILES string of the molecule is O=CCCn1cnc2c1CCCC2. The van der Waals surface area contributed by atoms with Crippen molar-refractivity contribution in [2.24, 2.45) is 0 Å². The molecule has 0 bridgehead atoms. The average Bonchev–Trinajstić information content (AvgIpc) is 2.58. The van der Waals surface area contributed by atoms with Crippen LogP contribution in [0.3, 0.4) is 0 Å². The van der Waals surface area contributed by atoms with Crippen LogP contribution in [0, 0.1) is 0 Å². The van der Waals surface area contributed by atoms with Crippen LogP contribution in [0.2, 0.25) is 0 Å². The predicted molar refractivity (Wildman–Crippen MR) is 49.6 cm³/mol. The second-order valence-electron chi connectivity index (χ2n) is 3.49. The van der Waals surface area contributed by atoms with Crippen molar-refractivity contribution in [3.8, 4) is 0 Å². The van der Waals surface area contributed by atoms with Crippen LogP contribution in [0.15, 0.2) is 6.33 Å². The molecule has 1 heterocycles. The molecule has 1 aliphatic rings. The van der Waals surface area contributed by atoms with Gasteiger partial charge in [-0.3, -0.25) is 0 Å². The van der Waals surface area contributed by atoms with E-state index in [1.165, 1.54) is 24.2 Å². The number of carbonyl (C=O) groups is 1. The molecule has 0 unspecified atom stereocenters. The molecule has 0 saturated heterocycles. The summed E-state index contributed by atoms with van der Waals surface area (Å²) in [5, 5.41) is 0. The topological polar surface area (TPSA) is 34.9 Å². The van der Waals surface area contributed by atoms with E-state index in [1.54, 1.807) is 0 Å². The van der Waals surface area contributed by atoms with Crippen molar-refractivity contribution in [2.45, 2.75) is 38.6 Å². The molecular weight excluding hydrogens is 164 g/mol. The molecule has 13 heavy (non-hydrogen) atoms. The van der Waals surface area contributed by atoms with Crippen molar-refractivity contribution >= 4 is 6.29 Å². The first-order chi connectivity index (χ1) is 6.42. The van der Waals surface area contributed by atoms with Gasteiger partial charge in [0.05, 0.1) is 12.0 Å². The number of aldehydes is 1. The molecule has 1 aromatic heterocycles. The maximum Gasteiger partial charge on any atom is 0.121 e. The van der Waals surface area contributed by atoms with E-state index in [-0.39, 0.29) is 0 Å². The number of aromatic nitrogens is 2. The number of imidazole rings is 1. The molecule has 2 rings (SSSR count). The second-order valence-corrected chi connectivity index (χ2v) is 3.49. The van der Waals surface area contributed by atoms with Gasteiger partial charge in [0.1, 0.15) is 6.29 Å². The van der Waals surface area contributed by atoms with Crippen molar-refractivity contribution in [3.05, 3.63) is 17.7 Å². The average molecular weight is 178 g/mol. The Labute approximate surface area is 77.8 Å². The van der Waals surface area contributed by atoms with E-state index in [0.717, 1.165) is 25.7 Å². The second kappa shape index (κ2) is 3.73. The fourth-order valence-corrected chi connectivity index (χ4v) is 1.92. The van der Waals surface area contributed by atoms with E-state index < -0.39 is 0 Å². The lowest BCUT2D eigenvalue weighted by Gasteiger charge is -2.12. The number of fused-ring (bicyclic) bond motifs is 1. The third-order valence-electron chi connectivity index (χ3n) is 2.60. The lowest BCUT2D eigenvalue weighted by molar-refractivity contribution is -0.108. The van der Waals surface area contributed by atoms with E-state index in [0.29, 0.717) is 6.42 Å². The first-order valence-corrected chi connectivity index (χ1v) is 4.88. The zero-order valence-electron chi connectivity index (χ0n) is 7.70. The number of hydrogen-bond acceptors (Lipinski definition) is 2. The molecule has 0 radical (unpaired) electrons. The Bertz CT molecular complexity index is 304. The van der Waals surface area contributed by atoms with Gasteiger partial charge in [-0.25, -0.2) is 4.98 Å². The first-order valence-electron chi connectivity index (χ1n) is 4.88. The Kier molecular flexibility index (Phi) is 2.43. The summed E-state index contributed by atoms with van der Waals surface area (Å²) in [7, 11) is 0. The Morgan fingerprint density at radius 2 is 2.31 bits per heavy atom. The summed E-state index contributed by atoms with van der Waals surface area (Å²) in [6, 6.07) is 0. The van der Waals surface area contributed by atoms with Gasteiger partial charge < -0.3 is 9.36 Å². The molecule has 0 saturated carbocycles. The highest BCUT2D eigenvalue weighted by Gasteiger charge is 2.14. The molecular formula is C10H14N2O. The van der Waals surface area contributed by atoms with Crippen LogP contribution in [0.4, 0.5) is 0 Å². The normalized spacial score (nSPS) is 15.4. The van der Waals surface area contributed by atoms with Gasteiger partial charge in [-0.1, -0.05) is 0 Å². The Morgan fingerprint density at radius 1 is 1.46 bits per heavy atom. The standard InChI is InChI=1S/C10H14N2O/c13-7-3-6-12-8-11-9-4-1-2-5-10(9)12/h7-8H,1-6H2. The molecule has 0 N–H and O–H groups in total. The van der Waals surface area contributed by atoms with Gasteiger partial charge in [0.2, 0.25) is 0 Å². The number of rotatable bonds is 3. The van der Waals surface area contributed by atoms with Gasteiger partial charge in [0.15, 0.2) is 0 Å². The zero-order valence-corrected chi connectivity index (χ0v) is 7.70. The molecule has 3 nitrogen and oxygen atoms in total. The van der Waals surface area contributed by atoms with E-state index in [2.05, 4.69) is 9.55 Å². The van der Waals surface area contributed by atoms with Gasteiger partial charge in [-0.15, -0.1) is 0 Å². The van der Waals surface area contributed by atoms with Crippen LogP contribution in [0.1, 0.15) is 30.7 Å². The third-order valence-corrected chi connectivity index (χ3v) is 2.60. The number of hydrogen-bond donors (Lipinski definition) is 0. The highest BCUT2D eigenvalue weighted by atomic mass is 16.1. The van der Waals surface area contributed by atoms with E-state index >= 15 is 0 Å². The van der Waals surface area contributed by atoms with Crippen molar-refractivity contribution < 1.29 is 4.79 Å². The summed E-state index contributed by atoms with van der Waals surface area (Å²) in [5.41, 5.74) is 2.60. The lowest BCUT2D eigenvalue weighted by atomic mass is 10.0. The minimum atomic E-state index is 0.600. The van der Waals surface area contributed by atoms with E-state index in [4.69, 9.17) is 0 Å². The van der Waals surface area contributed by atoms with Crippen LogP contribution in [0.25, 0.3) is 0 Å². The molecule has 1 aliphatic carbocycles. The third kappa shape index (κ3) is 1.64. The molecule has 1 aromatic rings. The molecule has 70 valence electrons. The van der Waals surface area contributed by atoms with Crippen LogP contribution in [-0.4, -0.2) is 15.8 Å². The fraction of sp³-hybridized carbons (Fsp3) is 0.600. The number of nitrogens with zero attached hydrogens (tertiary/aromatic N) is 2. The summed E-state index contributed by atoms with van der Waals surface area (Å²) < 4.78 is 2.13. The molecule has 3 heteroatoms. The lowest BCUT2D eigenvalue weighted by Crippen LogP contribution is -2.08. The Hall–Kier alpha value is -1.12. The molecule has 0 amide bonds. The highest BCUT2D eigenvalue weighted by molar-refractivity contribution is 5.49. The predicted octanol–water partition coefficient (Wildman–Crippen LogP) is 1.35. The maximum atomic E-state index is 10.2. The maximum absolute atomic E-state index is 10.2. The van der Waals surface area contributed by atoms with Gasteiger partial charge >= 0.3 is 0 Å². The Balaban J connectivity index is 2.16. The summed E-state index contributed by atoms with van der Waals surface area (Å²) in [6.07, 6.45) is 8.21. The van der Waals surface area contributed by atoms with Crippen molar-refractivity contribution in [1.29, 1.82) is 0 Å². The van der Waals surface area contributed by atoms with Gasteiger partial charge in [0.25, 0.3) is 0 Å². The minimum Gasteiger partial charge on any atom is -0.334 e. The highest BCUT2D eigenvalue weighted by Crippen LogP contribution is 2.19. The summed E-state index contributed by atoms with van der Waals surface area (Å²) in [6.45, 7) is 0.797. The number of aryl methyl sites for hydroxylation is 2. The van der Waals surface area contributed by atoms with Crippen LogP contribution < -0.4 is 0 Å². The molecule has 0 aromatic carbocycles. The summed E-state index contributed by atoms with van der Waals surface area (Å²) in [4.78, 5) is 14.6. The van der Waals surface area contributed by atoms with Crippen molar-refractivity contribution in [1.82, 2.24) is 9.55 Å². The van der Waals surface area contributed by atoms with E-state index in [1.807, 2.05) is 6.33 Å².